The minimum absolute atomic E-state index is 0.0336. The molecule has 0 radical (unpaired) electrons. The van der Waals surface area contributed by atoms with E-state index in [4.69, 9.17) is 27.9 Å². The van der Waals surface area contributed by atoms with E-state index in [1.54, 1.807) is 18.1 Å². The van der Waals surface area contributed by atoms with E-state index < -0.39 is 0 Å². The van der Waals surface area contributed by atoms with Gasteiger partial charge in [-0.3, -0.25) is 4.79 Å². The predicted octanol–water partition coefficient (Wildman–Crippen LogP) is 2.55. The number of carbonyl (C=O) groups excluding carboxylic acids is 1. The molecule has 0 aliphatic heterocycles. The number of carbonyl (C=O) groups is 1. The van der Waals surface area contributed by atoms with E-state index in [1.165, 1.54) is 0 Å². The standard InChI is InChI=1S/C12H15Cl2NO2/c1-17-7-6-15(12(16)8-13)9-10-4-2-3-5-11(10)14/h2-5H,6-9H2,1H3. The van der Waals surface area contributed by atoms with Crippen LogP contribution in [-0.4, -0.2) is 36.9 Å². The summed E-state index contributed by atoms with van der Waals surface area (Å²) in [5, 5.41) is 0.650. The van der Waals surface area contributed by atoms with Gasteiger partial charge >= 0.3 is 0 Å². The topological polar surface area (TPSA) is 29.5 Å². The number of nitrogens with zero attached hydrogens (tertiary/aromatic N) is 1. The zero-order valence-electron chi connectivity index (χ0n) is 9.66. The highest BCUT2D eigenvalue weighted by molar-refractivity contribution is 6.31. The van der Waals surface area contributed by atoms with E-state index in [0.717, 1.165) is 5.56 Å². The highest BCUT2D eigenvalue weighted by Crippen LogP contribution is 2.17. The van der Waals surface area contributed by atoms with Crippen LogP contribution in [0.5, 0.6) is 0 Å². The fourth-order valence-electron chi connectivity index (χ4n) is 1.41. The summed E-state index contributed by atoms with van der Waals surface area (Å²) >= 11 is 11.6. The lowest BCUT2D eigenvalue weighted by atomic mass is 10.2. The van der Waals surface area contributed by atoms with Gasteiger partial charge < -0.3 is 9.64 Å². The van der Waals surface area contributed by atoms with Crippen molar-refractivity contribution in [3.8, 4) is 0 Å². The summed E-state index contributed by atoms with van der Waals surface area (Å²) in [7, 11) is 1.60. The van der Waals surface area contributed by atoms with Gasteiger partial charge in [-0.25, -0.2) is 0 Å². The second kappa shape index (κ2) is 7.54. The van der Waals surface area contributed by atoms with Gasteiger partial charge in [0.15, 0.2) is 0 Å². The number of hydrogen-bond donors (Lipinski definition) is 0. The summed E-state index contributed by atoms with van der Waals surface area (Å²) < 4.78 is 4.96. The Labute approximate surface area is 111 Å². The molecule has 3 nitrogen and oxygen atoms in total. The molecule has 17 heavy (non-hydrogen) atoms. The molecular formula is C12H15Cl2NO2. The number of methoxy groups -OCH3 is 1. The first-order valence-electron chi connectivity index (χ1n) is 5.25. The van der Waals surface area contributed by atoms with Crippen LogP contribution < -0.4 is 0 Å². The highest BCUT2D eigenvalue weighted by Gasteiger charge is 2.13. The molecule has 0 aromatic heterocycles. The van der Waals surface area contributed by atoms with Crippen LogP contribution in [0, 0.1) is 0 Å². The van der Waals surface area contributed by atoms with Crippen LogP contribution >= 0.6 is 23.2 Å². The average molecular weight is 276 g/mol. The first-order chi connectivity index (χ1) is 8.19. The Kier molecular flexibility index (Phi) is 6.34. The maximum Gasteiger partial charge on any atom is 0.237 e. The van der Waals surface area contributed by atoms with Crippen molar-refractivity contribution in [1.82, 2.24) is 4.90 Å². The van der Waals surface area contributed by atoms with Crippen LogP contribution in [0.2, 0.25) is 5.02 Å². The van der Waals surface area contributed by atoms with Crippen LogP contribution in [0.1, 0.15) is 5.56 Å². The third-order valence-corrected chi connectivity index (χ3v) is 2.95. The minimum atomic E-state index is -0.122. The molecule has 0 aliphatic carbocycles. The Bertz CT molecular complexity index is 371. The van der Waals surface area contributed by atoms with Gasteiger partial charge in [-0.05, 0) is 11.6 Å². The van der Waals surface area contributed by atoms with Gasteiger partial charge in [-0.2, -0.15) is 0 Å². The average Bonchev–Trinajstić information content (AvgIpc) is 2.35. The van der Waals surface area contributed by atoms with Gasteiger partial charge in [0.05, 0.1) is 6.61 Å². The summed E-state index contributed by atoms with van der Waals surface area (Å²) in [5.41, 5.74) is 0.906. The summed E-state index contributed by atoms with van der Waals surface area (Å²) in [4.78, 5) is 13.3. The van der Waals surface area contributed by atoms with Gasteiger partial charge in [-0.1, -0.05) is 29.8 Å². The molecule has 0 unspecified atom stereocenters. The van der Waals surface area contributed by atoms with Crippen molar-refractivity contribution in [1.29, 1.82) is 0 Å². The van der Waals surface area contributed by atoms with Gasteiger partial charge in [0.25, 0.3) is 0 Å². The Morgan fingerprint density at radius 1 is 1.41 bits per heavy atom. The van der Waals surface area contributed by atoms with Crippen LogP contribution in [0.25, 0.3) is 0 Å². The number of ether oxygens (including phenoxy) is 1. The Morgan fingerprint density at radius 3 is 2.71 bits per heavy atom. The van der Waals surface area contributed by atoms with Gasteiger partial charge in [0, 0.05) is 25.2 Å². The van der Waals surface area contributed by atoms with E-state index in [1.807, 2.05) is 18.2 Å². The van der Waals surface area contributed by atoms with E-state index in [2.05, 4.69) is 0 Å². The third kappa shape index (κ3) is 4.54. The molecule has 0 atom stereocenters. The Morgan fingerprint density at radius 2 is 2.12 bits per heavy atom. The van der Waals surface area contributed by atoms with Crippen molar-refractivity contribution in [2.24, 2.45) is 0 Å². The SMILES string of the molecule is COCCN(Cc1ccccc1Cl)C(=O)CCl. The normalized spacial score (nSPS) is 10.3. The number of alkyl halides is 1. The van der Waals surface area contributed by atoms with Gasteiger partial charge in [0.1, 0.15) is 5.88 Å². The molecule has 1 rings (SSSR count). The second-order valence-corrected chi connectivity index (χ2v) is 4.21. The van der Waals surface area contributed by atoms with E-state index in [9.17, 15) is 4.79 Å². The van der Waals surface area contributed by atoms with Crippen molar-refractivity contribution in [3.63, 3.8) is 0 Å². The lowest BCUT2D eigenvalue weighted by Gasteiger charge is -2.22. The molecule has 1 aromatic carbocycles. The van der Waals surface area contributed by atoms with E-state index in [0.29, 0.717) is 24.7 Å². The molecule has 0 spiro atoms. The third-order valence-electron chi connectivity index (χ3n) is 2.35. The number of hydrogen-bond acceptors (Lipinski definition) is 2. The number of halogens is 2. The van der Waals surface area contributed by atoms with Crippen LogP contribution in [0.3, 0.4) is 0 Å². The van der Waals surface area contributed by atoms with Crippen molar-refractivity contribution in [2.75, 3.05) is 26.1 Å². The molecule has 1 amide bonds. The first kappa shape index (κ1) is 14.3. The van der Waals surface area contributed by atoms with Crippen LogP contribution in [-0.2, 0) is 16.1 Å². The summed E-state index contributed by atoms with van der Waals surface area (Å²) in [6.07, 6.45) is 0. The first-order valence-corrected chi connectivity index (χ1v) is 6.16. The lowest BCUT2D eigenvalue weighted by molar-refractivity contribution is -0.129. The quantitative estimate of drug-likeness (QED) is 0.747. The largest absolute Gasteiger partial charge is 0.383 e. The molecule has 0 saturated heterocycles. The smallest absolute Gasteiger partial charge is 0.237 e. The molecule has 0 bridgehead atoms. The molecule has 94 valence electrons. The zero-order valence-corrected chi connectivity index (χ0v) is 11.2. The number of benzene rings is 1. The second-order valence-electron chi connectivity index (χ2n) is 3.53. The fraction of sp³-hybridized carbons (Fsp3) is 0.417. The fourth-order valence-corrected chi connectivity index (χ4v) is 1.77. The Balaban J connectivity index is 2.72. The predicted molar refractivity (Wildman–Crippen MR) is 69.5 cm³/mol. The van der Waals surface area contributed by atoms with E-state index in [-0.39, 0.29) is 11.8 Å². The maximum atomic E-state index is 11.6. The summed E-state index contributed by atoms with van der Waals surface area (Å²) in [5.74, 6) is -0.155. The molecule has 0 fully saturated rings. The van der Waals surface area contributed by atoms with Gasteiger partial charge in [-0.15, -0.1) is 11.6 Å². The van der Waals surface area contributed by atoms with Crippen LogP contribution in [0.15, 0.2) is 24.3 Å². The van der Waals surface area contributed by atoms with Gasteiger partial charge in [0.2, 0.25) is 5.91 Å². The molecule has 5 heteroatoms. The van der Waals surface area contributed by atoms with Crippen molar-refractivity contribution in [3.05, 3.63) is 34.9 Å². The van der Waals surface area contributed by atoms with Crippen molar-refractivity contribution in [2.45, 2.75) is 6.54 Å². The van der Waals surface area contributed by atoms with Crippen LogP contribution in [0.4, 0.5) is 0 Å². The summed E-state index contributed by atoms with van der Waals surface area (Å²) in [6.45, 7) is 1.44. The number of amides is 1. The molecular weight excluding hydrogens is 261 g/mol. The maximum absolute atomic E-state index is 11.6. The zero-order chi connectivity index (χ0) is 12.7. The lowest BCUT2D eigenvalue weighted by Crippen LogP contribution is -2.34. The minimum Gasteiger partial charge on any atom is -0.383 e. The number of rotatable bonds is 6. The van der Waals surface area contributed by atoms with E-state index >= 15 is 0 Å². The molecule has 0 saturated carbocycles. The molecule has 1 aromatic rings. The van der Waals surface area contributed by atoms with Crippen molar-refractivity contribution < 1.29 is 9.53 Å². The summed E-state index contributed by atoms with van der Waals surface area (Å²) in [6, 6.07) is 7.44. The molecule has 0 aliphatic rings. The molecule has 0 heterocycles. The Hall–Kier alpha value is -0.770. The van der Waals surface area contributed by atoms with Crippen molar-refractivity contribution >= 4 is 29.1 Å². The monoisotopic (exact) mass is 275 g/mol. The molecule has 0 N–H and O–H groups in total. The highest BCUT2D eigenvalue weighted by atomic mass is 35.5.